The molecule has 0 unspecified atom stereocenters. The molecule has 2 heterocycles. The molecule has 1 aromatic heterocycles. The van der Waals surface area contributed by atoms with Crippen molar-refractivity contribution in [1.82, 2.24) is 9.80 Å². The molecule has 2 amide bonds. The molecular weight excluding hydrogens is 356 g/mol. The van der Waals surface area contributed by atoms with Gasteiger partial charge in [0.1, 0.15) is 0 Å². The molecule has 0 radical (unpaired) electrons. The van der Waals surface area contributed by atoms with Gasteiger partial charge in [0, 0.05) is 41.6 Å². The molecule has 1 aliphatic rings. The molecule has 0 atom stereocenters. The average Bonchev–Trinajstić information content (AvgIpc) is 3.02. The summed E-state index contributed by atoms with van der Waals surface area (Å²) in [4.78, 5) is 30.9. The zero-order valence-electron chi connectivity index (χ0n) is 14.4. The Labute approximate surface area is 157 Å². The van der Waals surface area contributed by atoms with Gasteiger partial charge in [0.2, 0.25) is 0 Å². The van der Waals surface area contributed by atoms with E-state index in [-0.39, 0.29) is 11.8 Å². The van der Waals surface area contributed by atoms with Crippen molar-refractivity contribution < 1.29 is 9.59 Å². The second kappa shape index (κ2) is 7.58. The second-order valence-corrected chi connectivity index (χ2v) is 7.73. The monoisotopic (exact) mass is 376 g/mol. The van der Waals surface area contributed by atoms with Crippen LogP contribution in [0, 0.1) is 6.92 Å². The number of carbonyl (C=O) groups is 2. The number of benzene rings is 1. The number of thiophene rings is 1. The van der Waals surface area contributed by atoms with Crippen LogP contribution in [-0.2, 0) is 6.42 Å². The first kappa shape index (κ1) is 18.0. The number of aryl methyl sites for hydroxylation is 2. The Hall–Kier alpha value is -1.85. The molecule has 0 aliphatic carbocycles. The minimum atomic E-state index is -0.0102. The molecule has 1 aromatic carbocycles. The fourth-order valence-corrected chi connectivity index (χ4v) is 4.23. The molecule has 0 bridgehead atoms. The van der Waals surface area contributed by atoms with E-state index in [0.717, 1.165) is 11.3 Å². The van der Waals surface area contributed by atoms with Gasteiger partial charge in [0.05, 0.1) is 4.88 Å². The summed E-state index contributed by atoms with van der Waals surface area (Å²) < 4.78 is 0. The zero-order valence-corrected chi connectivity index (χ0v) is 16.0. The fourth-order valence-electron chi connectivity index (χ4n) is 3.02. The molecular formula is C19H21ClN2O2S. The van der Waals surface area contributed by atoms with Crippen LogP contribution >= 0.6 is 22.9 Å². The minimum Gasteiger partial charge on any atom is -0.335 e. The number of amides is 2. The maximum Gasteiger partial charge on any atom is 0.264 e. The third-order valence-electron chi connectivity index (χ3n) is 4.50. The van der Waals surface area contributed by atoms with Crippen LogP contribution < -0.4 is 0 Å². The van der Waals surface area contributed by atoms with Gasteiger partial charge in [-0.25, -0.2) is 0 Å². The van der Waals surface area contributed by atoms with Crippen molar-refractivity contribution >= 4 is 34.8 Å². The SMILES string of the molecule is CCc1sc(C(=O)N2CCN(C(=O)c3ccc(Cl)cc3)CC2)cc1C. The molecule has 2 aromatic rings. The van der Waals surface area contributed by atoms with Crippen molar-refractivity contribution in [3.05, 3.63) is 56.2 Å². The van der Waals surface area contributed by atoms with Crippen LogP contribution in [0.2, 0.25) is 5.02 Å². The Morgan fingerprint density at radius 2 is 1.60 bits per heavy atom. The van der Waals surface area contributed by atoms with Crippen LogP contribution in [0.1, 0.15) is 37.4 Å². The first-order valence-corrected chi connectivity index (χ1v) is 9.62. The lowest BCUT2D eigenvalue weighted by molar-refractivity contribution is 0.0538. The predicted octanol–water partition coefficient (Wildman–Crippen LogP) is 3.87. The number of hydrogen-bond donors (Lipinski definition) is 0. The van der Waals surface area contributed by atoms with Gasteiger partial charge in [-0.15, -0.1) is 11.3 Å². The van der Waals surface area contributed by atoms with Crippen LogP contribution in [-0.4, -0.2) is 47.8 Å². The summed E-state index contributed by atoms with van der Waals surface area (Å²) in [7, 11) is 0. The molecule has 1 aliphatic heterocycles. The number of hydrogen-bond acceptors (Lipinski definition) is 3. The van der Waals surface area contributed by atoms with Gasteiger partial charge in [0.15, 0.2) is 0 Å². The fraction of sp³-hybridized carbons (Fsp3) is 0.368. The topological polar surface area (TPSA) is 40.6 Å². The second-order valence-electron chi connectivity index (χ2n) is 6.16. The van der Waals surface area contributed by atoms with Crippen molar-refractivity contribution in [3.63, 3.8) is 0 Å². The van der Waals surface area contributed by atoms with E-state index in [9.17, 15) is 9.59 Å². The molecule has 0 N–H and O–H groups in total. The third kappa shape index (κ3) is 3.88. The zero-order chi connectivity index (χ0) is 18.0. The van der Waals surface area contributed by atoms with Crippen LogP contribution in [0.15, 0.2) is 30.3 Å². The van der Waals surface area contributed by atoms with Crippen molar-refractivity contribution in [2.45, 2.75) is 20.3 Å². The summed E-state index contributed by atoms with van der Waals surface area (Å²) in [5.41, 5.74) is 1.82. The number of nitrogens with zero attached hydrogens (tertiary/aromatic N) is 2. The van der Waals surface area contributed by atoms with Crippen LogP contribution in [0.3, 0.4) is 0 Å². The van der Waals surface area contributed by atoms with E-state index in [0.29, 0.717) is 36.8 Å². The highest BCUT2D eigenvalue weighted by Gasteiger charge is 2.26. The highest BCUT2D eigenvalue weighted by molar-refractivity contribution is 7.14. The summed E-state index contributed by atoms with van der Waals surface area (Å²) in [5.74, 6) is 0.0652. The van der Waals surface area contributed by atoms with Gasteiger partial charge in [-0.1, -0.05) is 18.5 Å². The molecule has 0 saturated carbocycles. The number of carbonyl (C=O) groups excluding carboxylic acids is 2. The maximum absolute atomic E-state index is 12.7. The van der Waals surface area contributed by atoms with Crippen molar-refractivity contribution in [3.8, 4) is 0 Å². The van der Waals surface area contributed by atoms with Gasteiger partial charge >= 0.3 is 0 Å². The van der Waals surface area contributed by atoms with Crippen LogP contribution in [0.25, 0.3) is 0 Å². The van der Waals surface area contributed by atoms with E-state index in [1.54, 1.807) is 40.5 Å². The Morgan fingerprint density at radius 1 is 1.04 bits per heavy atom. The van der Waals surface area contributed by atoms with Gasteiger partial charge in [-0.3, -0.25) is 9.59 Å². The van der Waals surface area contributed by atoms with Gasteiger partial charge in [-0.05, 0) is 49.2 Å². The van der Waals surface area contributed by atoms with Gasteiger partial charge in [0.25, 0.3) is 11.8 Å². The predicted molar refractivity (Wildman–Crippen MR) is 102 cm³/mol. The van der Waals surface area contributed by atoms with E-state index < -0.39 is 0 Å². The van der Waals surface area contributed by atoms with Crippen molar-refractivity contribution in [1.29, 1.82) is 0 Å². The van der Waals surface area contributed by atoms with Crippen LogP contribution in [0.5, 0.6) is 0 Å². The lowest BCUT2D eigenvalue weighted by atomic mass is 10.2. The molecule has 1 saturated heterocycles. The van der Waals surface area contributed by atoms with Gasteiger partial charge < -0.3 is 9.80 Å². The average molecular weight is 377 g/mol. The lowest BCUT2D eigenvalue weighted by Gasteiger charge is -2.34. The summed E-state index contributed by atoms with van der Waals surface area (Å²) in [5, 5.41) is 0.615. The Kier molecular flexibility index (Phi) is 5.45. The summed E-state index contributed by atoms with van der Waals surface area (Å²) in [6, 6.07) is 8.90. The number of halogens is 1. The summed E-state index contributed by atoms with van der Waals surface area (Å²) >= 11 is 7.45. The molecule has 25 heavy (non-hydrogen) atoms. The van der Waals surface area contributed by atoms with E-state index in [2.05, 4.69) is 13.8 Å². The van der Waals surface area contributed by atoms with Crippen LogP contribution in [0.4, 0.5) is 0 Å². The highest BCUT2D eigenvalue weighted by atomic mass is 35.5. The Bertz CT molecular complexity index is 777. The largest absolute Gasteiger partial charge is 0.335 e. The Balaban J connectivity index is 1.62. The third-order valence-corrected chi connectivity index (χ3v) is 6.12. The number of rotatable bonds is 3. The van der Waals surface area contributed by atoms with Gasteiger partial charge in [-0.2, -0.15) is 0 Å². The van der Waals surface area contributed by atoms with E-state index >= 15 is 0 Å². The normalized spacial score (nSPS) is 14.7. The number of piperazine rings is 1. The highest BCUT2D eigenvalue weighted by Crippen LogP contribution is 2.24. The standard InChI is InChI=1S/C19H21ClN2O2S/c1-3-16-13(2)12-17(25-16)19(24)22-10-8-21(9-11-22)18(23)14-4-6-15(20)7-5-14/h4-7,12H,3,8-11H2,1-2H3. The molecule has 132 valence electrons. The smallest absolute Gasteiger partial charge is 0.264 e. The van der Waals surface area contributed by atoms with E-state index in [4.69, 9.17) is 11.6 Å². The molecule has 3 rings (SSSR count). The quantitative estimate of drug-likeness (QED) is 0.815. The first-order chi connectivity index (χ1) is 12.0. The minimum absolute atomic E-state index is 0.0102. The van der Waals surface area contributed by atoms with E-state index in [1.807, 2.05) is 11.0 Å². The Morgan fingerprint density at radius 3 is 2.12 bits per heavy atom. The molecule has 1 fully saturated rings. The van der Waals surface area contributed by atoms with Crippen molar-refractivity contribution in [2.24, 2.45) is 0 Å². The molecule has 4 nitrogen and oxygen atoms in total. The lowest BCUT2D eigenvalue weighted by Crippen LogP contribution is -2.50. The molecule has 0 spiro atoms. The maximum atomic E-state index is 12.7. The first-order valence-electron chi connectivity index (χ1n) is 8.43. The molecule has 6 heteroatoms. The van der Waals surface area contributed by atoms with E-state index in [1.165, 1.54) is 10.4 Å². The summed E-state index contributed by atoms with van der Waals surface area (Å²) in [6.07, 6.45) is 0.952. The van der Waals surface area contributed by atoms with Crippen molar-refractivity contribution in [2.75, 3.05) is 26.2 Å². The summed E-state index contributed by atoms with van der Waals surface area (Å²) in [6.45, 7) is 6.40.